The molecule has 1 unspecified atom stereocenters. The molecule has 0 aromatic heterocycles. The summed E-state index contributed by atoms with van der Waals surface area (Å²) in [6.45, 7) is 12.3. The number of hydrogen-bond donors (Lipinski definition) is 1. The topological polar surface area (TPSA) is 63.6 Å². The summed E-state index contributed by atoms with van der Waals surface area (Å²) in [6, 6.07) is 12.0. The van der Waals surface area contributed by atoms with Crippen molar-refractivity contribution in [2.75, 3.05) is 53.2 Å². The van der Waals surface area contributed by atoms with Crippen LogP contribution in [0.25, 0.3) is 0 Å². The van der Waals surface area contributed by atoms with Crippen molar-refractivity contribution >= 4 is 24.8 Å². The molecule has 1 atom stereocenters. The van der Waals surface area contributed by atoms with Gasteiger partial charge < -0.3 is 24.1 Å². The third kappa shape index (κ3) is 7.79. The van der Waals surface area contributed by atoms with Crippen molar-refractivity contribution in [3.63, 3.8) is 0 Å². The molecular weight excluding hydrogens is 491 g/mol. The van der Waals surface area contributed by atoms with Crippen LogP contribution in [0.1, 0.15) is 31.9 Å². The fourth-order valence-corrected chi connectivity index (χ4v) is 4.31. The fraction of sp³-hybridized carbons (Fsp3) is 0.538. The molecule has 2 aromatic rings. The molecule has 0 radical (unpaired) electrons. The number of hydrogen-bond acceptors (Lipinski definition) is 7. The number of methoxy groups -OCH3 is 1. The van der Waals surface area contributed by atoms with Gasteiger partial charge in [0.1, 0.15) is 24.2 Å². The third-order valence-corrected chi connectivity index (χ3v) is 6.20. The lowest BCUT2D eigenvalue weighted by atomic mass is 9.86. The second-order valence-corrected chi connectivity index (χ2v) is 9.84. The van der Waals surface area contributed by atoms with Crippen LogP contribution in [-0.2, 0) is 12.0 Å². The first-order valence-corrected chi connectivity index (χ1v) is 11.6. The molecule has 0 spiro atoms. The SMILES string of the molecule is COc1ccc(OCC(O)CN2CCN(Cc3ccc4c(c3)OCO4)CC2)c(C(C)(C)C)c1.Cl.Cl. The third-order valence-electron chi connectivity index (χ3n) is 6.20. The highest BCUT2D eigenvalue weighted by Gasteiger charge is 2.23. The maximum absolute atomic E-state index is 10.6. The summed E-state index contributed by atoms with van der Waals surface area (Å²) < 4.78 is 22.3. The molecule has 0 amide bonds. The van der Waals surface area contributed by atoms with Crippen LogP contribution in [0, 0.1) is 0 Å². The van der Waals surface area contributed by atoms with E-state index in [1.54, 1.807) is 7.11 Å². The highest BCUT2D eigenvalue weighted by Crippen LogP contribution is 2.35. The summed E-state index contributed by atoms with van der Waals surface area (Å²) >= 11 is 0. The van der Waals surface area contributed by atoms with Gasteiger partial charge in [0, 0.05) is 44.8 Å². The van der Waals surface area contributed by atoms with Crippen LogP contribution in [0.4, 0.5) is 0 Å². The van der Waals surface area contributed by atoms with Crippen molar-refractivity contribution < 1.29 is 24.1 Å². The van der Waals surface area contributed by atoms with Gasteiger partial charge in [0.15, 0.2) is 11.5 Å². The van der Waals surface area contributed by atoms with Crippen molar-refractivity contribution in [2.24, 2.45) is 0 Å². The Morgan fingerprint density at radius 2 is 1.63 bits per heavy atom. The van der Waals surface area contributed by atoms with Crippen LogP contribution in [-0.4, -0.2) is 74.2 Å². The monoisotopic (exact) mass is 528 g/mol. The highest BCUT2D eigenvalue weighted by atomic mass is 35.5. The Morgan fingerprint density at radius 3 is 2.31 bits per heavy atom. The van der Waals surface area contributed by atoms with Gasteiger partial charge in [-0.1, -0.05) is 26.8 Å². The number of nitrogens with zero attached hydrogens (tertiary/aromatic N) is 2. The first-order chi connectivity index (χ1) is 15.8. The van der Waals surface area contributed by atoms with Gasteiger partial charge in [0.05, 0.1) is 7.11 Å². The summed E-state index contributed by atoms with van der Waals surface area (Å²) in [5.74, 6) is 3.27. The molecule has 2 heterocycles. The van der Waals surface area contributed by atoms with Gasteiger partial charge in [0.2, 0.25) is 6.79 Å². The lowest BCUT2D eigenvalue weighted by Gasteiger charge is -2.35. The van der Waals surface area contributed by atoms with Crippen LogP contribution in [0.15, 0.2) is 36.4 Å². The number of benzene rings is 2. The first-order valence-electron chi connectivity index (χ1n) is 11.6. The lowest BCUT2D eigenvalue weighted by molar-refractivity contribution is 0.0442. The molecule has 1 saturated heterocycles. The summed E-state index contributed by atoms with van der Waals surface area (Å²) in [5.41, 5.74) is 2.23. The Balaban J connectivity index is 0.00000216. The summed E-state index contributed by atoms with van der Waals surface area (Å²) in [4.78, 5) is 4.74. The quantitative estimate of drug-likeness (QED) is 0.552. The predicted octanol–water partition coefficient (Wildman–Crippen LogP) is 4.12. The molecular formula is C26H38Cl2N2O5. The minimum Gasteiger partial charge on any atom is -0.497 e. The molecule has 9 heteroatoms. The van der Waals surface area contributed by atoms with E-state index >= 15 is 0 Å². The molecule has 2 aliphatic rings. The normalized spacial score (nSPS) is 16.7. The Kier molecular flexibility index (Phi) is 10.8. The second kappa shape index (κ2) is 12.9. The molecule has 4 rings (SSSR count). The van der Waals surface area contributed by atoms with E-state index in [1.807, 2.05) is 24.3 Å². The van der Waals surface area contributed by atoms with E-state index in [9.17, 15) is 5.11 Å². The summed E-state index contributed by atoms with van der Waals surface area (Å²) in [6.07, 6.45) is -0.541. The largest absolute Gasteiger partial charge is 0.497 e. The molecule has 0 bridgehead atoms. The van der Waals surface area contributed by atoms with Crippen molar-refractivity contribution in [2.45, 2.75) is 38.8 Å². The Hall–Kier alpha value is -1.90. The lowest BCUT2D eigenvalue weighted by Crippen LogP contribution is -2.48. The minimum atomic E-state index is -0.541. The van der Waals surface area contributed by atoms with Gasteiger partial charge in [-0.3, -0.25) is 9.80 Å². The van der Waals surface area contributed by atoms with Crippen LogP contribution in [0.3, 0.4) is 0 Å². The van der Waals surface area contributed by atoms with E-state index in [0.29, 0.717) is 13.3 Å². The van der Waals surface area contributed by atoms with Crippen molar-refractivity contribution in [3.05, 3.63) is 47.5 Å². The smallest absolute Gasteiger partial charge is 0.231 e. The predicted molar refractivity (Wildman–Crippen MR) is 142 cm³/mol. The van der Waals surface area contributed by atoms with Crippen LogP contribution in [0.5, 0.6) is 23.0 Å². The van der Waals surface area contributed by atoms with Gasteiger partial charge in [-0.2, -0.15) is 0 Å². The molecule has 0 saturated carbocycles. The van der Waals surface area contributed by atoms with E-state index in [1.165, 1.54) is 5.56 Å². The molecule has 7 nitrogen and oxygen atoms in total. The molecule has 1 N–H and O–H groups in total. The Bertz CT molecular complexity index is 946. The maximum atomic E-state index is 10.6. The van der Waals surface area contributed by atoms with Crippen molar-refractivity contribution in [3.8, 4) is 23.0 Å². The van der Waals surface area contributed by atoms with Gasteiger partial charge in [0.25, 0.3) is 0 Å². The van der Waals surface area contributed by atoms with Gasteiger partial charge in [-0.25, -0.2) is 0 Å². The zero-order valence-electron chi connectivity index (χ0n) is 21.0. The molecule has 2 aliphatic heterocycles. The Labute approximate surface area is 221 Å². The first kappa shape index (κ1) is 29.3. The van der Waals surface area contributed by atoms with Crippen LogP contribution >= 0.6 is 24.8 Å². The van der Waals surface area contributed by atoms with E-state index in [4.69, 9.17) is 18.9 Å². The zero-order valence-corrected chi connectivity index (χ0v) is 22.6. The van der Waals surface area contributed by atoms with E-state index in [2.05, 4.69) is 42.7 Å². The molecule has 35 heavy (non-hydrogen) atoms. The number of aliphatic hydroxyl groups excluding tert-OH is 1. The number of halogens is 2. The number of rotatable bonds is 8. The number of piperazine rings is 1. The van der Waals surface area contributed by atoms with Crippen molar-refractivity contribution in [1.82, 2.24) is 9.80 Å². The number of fused-ring (bicyclic) bond motifs is 1. The number of ether oxygens (including phenoxy) is 4. The second-order valence-electron chi connectivity index (χ2n) is 9.84. The average molecular weight is 530 g/mol. The zero-order chi connectivity index (χ0) is 23.4. The standard InChI is InChI=1S/C26H36N2O5.2ClH/c1-26(2,3)22-14-21(30-4)6-8-23(22)31-17-20(29)16-28-11-9-27(10-12-28)15-19-5-7-24-25(13-19)33-18-32-24;;/h5-8,13-14,20,29H,9-12,15-18H2,1-4H3;2*1H. The van der Waals surface area contributed by atoms with Crippen molar-refractivity contribution in [1.29, 1.82) is 0 Å². The van der Waals surface area contributed by atoms with Gasteiger partial charge in [-0.15, -0.1) is 24.8 Å². The fourth-order valence-electron chi connectivity index (χ4n) is 4.31. The van der Waals surface area contributed by atoms with E-state index < -0.39 is 6.10 Å². The number of aliphatic hydroxyl groups is 1. The molecule has 2 aromatic carbocycles. The summed E-state index contributed by atoms with van der Waals surface area (Å²) in [7, 11) is 1.67. The highest BCUT2D eigenvalue weighted by molar-refractivity contribution is 5.85. The van der Waals surface area contributed by atoms with E-state index in [0.717, 1.165) is 61.3 Å². The van der Waals surface area contributed by atoms with Gasteiger partial charge in [-0.05, 0) is 41.3 Å². The average Bonchev–Trinajstić information content (AvgIpc) is 3.26. The molecule has 0 aliphatic carbocycles. The van der Waals surface area contributed by atoms with E-state index in [-0.39, 0.29) is 36.8 Å². The van der Waals surface area contributed by atoms with Crippen LogP contribution in [0.2, 0.25) is 0 Å². The molecule has 1 fully saturated rings. The Morgan fingerprint density at radius 1 is 0.943 bits per heavy atom. The summed E-state index contributed by atoms with van der Waals surface area (Å²) in [5, 5.41) is 10.6. The minimum absolute atomic E-state index is 0. The van der Waals surface area contributed by atoms with Gasteiger partial charge >= 0.3 is 0 Å². The van der Waals surface area contributed by atoms with Crippen LogP contribution < -0.4 is 18.9 Å². The number of β-amino-alcohol motifs (C(OH)–C–C–N with tert-alkyl or cyclic N) is 1. The molecule has 196 valence electrons. The maximum Gasteiger partial charge on any atom is 0.231 e.